The maximum absolute atomic E-state index is 12.0. The fourth-order valence-corrected chi connectivity index (χ4v) is 1.32. The van der Waals surface area contributed by atoms with Crippen LogP contribution < -0.4 is 11.3 Å². The fourth-order valence-electron chi connectivity index (χ4n) is 1.32. The van der Waals surface area contributed by atoms with Gasteiger partial charge < -0.3 is 0 Å². The van der Waals surface area contributed by atoms with Crippen LogP contribution in [0.15, 0.2) is 6.20 Å². The Morgan fingerprint density at radius 3 is 2.69 bits per heavy atom. The maximum atomic E-state index is 12.0. The van der Waals surface area contributed by atoms with Gasteiger partial charge in [0.2, 0.25) is 0 Å². The molecule has 0 fully saturated rings. The minimum Gasteiger partial charge on any atom is -0.271 e. The number of alkyl halides is 3. The smallest absolute Gasteiger partial charge is 0.271 e. The molecule has 1 rings (SSSR count). The van der Waals surface area contributed by atoms with Gasteiger partial charge in [0.1, 0.15) is 0 Å². The van der Waals surface area contributed by atoms with Crippen LogP contribution in [0.25, 0.3) is 0 Å². The zero-order chi connectivity index (χ0) is 12.2. The number of halogens is 3. The van der Waals surface area contributed by atoms with Crippen LogP contribution in [0.4, 0.5) is 13.2 Å². The third-order valence-corrected chi connectivity index (χ3v) is 2.12. The van der Waals surface area contributed by atoms with Crippen molar-refractivity contribution in [1.29, 1.82) is 0 Å². The number of nitrogens with zero attached hydrogens (tertiary/aromatic N) is 3. The molecule has 0 aliphatic rings. The van der Waals surface area contributed by atoms with Crippen molar-refractivity contribution in [3.05, 3.63) is 11.9 Å². The summed E-state index contributed by atoms with van der Waals surface area (Å²) in [7, 11) is 1.69. The number of hydrogen-bond acceptors (Lipinski definition) is 4. The Balaban J connectivity index is 2.43. The van der Waals surface area contributed by atoms with Crippen LogP contribution in [-0.4, -0.2) is 27.2 Å². The molecule has 0 saturated heterocycles. The van der Waals surface area contributed by atoms with Crippen LogP contribution in [-0.2, 0) is 13.5 Å². The summed E-state index contributed by atoms with van der Waals surface area (Å²) in [6.07, 6.45) is -3.10. The lowest BCUT2D eigenvalue weighted by atomic mass is 10.1. The summed E-state index contributed by atoms with van der Waals surface area (Å²) in [5.41, 5.74) is 2.97. The molecule has 0 aliphatic carbocycles. The molecule has 16 heavy (non-hydrogen) atoms. The molecule has 1 aromatic heterocycles. The third kappa shape index (κ3) is 4.58. The van der Waals surface area contributed by atoms with Gasteiger partial charge in [0.25, 0.3) is 0 Å². The summed E-state index contributed by atoms with van der Waals surface area (Å²) in [6, 6.07) is -0.446. The van der Waals surface area contributed by atoms with E-state index in [0.29, 0.717) is 12.1 Å². The van der Waals surface area contributed by atoms with E-state index in [4.69, 9.17) is 5.84 Å². The molecule has 0 aliphatic heterocycles. The Bertz CT molecular complexity index is 322. The van der Waals surface area contributed by atoms with Gasteiger partial charge >= 0.3 is 6.18 Å². The molecule has 0 saturated carbocycles. The Morgan fingerprint density at radius 1 is 1.56 bits per heavy atom. The summed E-state index contributed by atoms with van der Waals surface area (Å²) in [5.74, 6) is 5.18. The highest BCUT2D eigenvalue weighted by molar-refractivity contribution is 4.95. The molecule has 3 N–H and O–H groups in total. The second kappa shape index (κ2) is 5.26. The summed E-state index contributed by atoms with van der Waals surface area (Å²) in [4.78, 5) is 0. The number of nitrogens with two attached hydrogens (primary N) is 1. The van der Waals surface area contributed by atoms with Crippen molar-refractivity contribution in [3.63, 3.8) is 0 Å². The first-order chi connectivity index (χ1) is 7.40. The van der Waals surface area contributed by atoms with E-state index >= 15 is 0 Å². The van der Waals surface area contributed by atoms with E-state index in [2.05, 4.69) is 15.7 Å². The number of hydrogen-bond donors (Lipinski definition) is 2. The van der Waals surface area contributed by atoms with E-state index < -0.39 is 18.6 Å². The molecule has 0 aromatic carbocycles. The van der Waals surface area contributed by atoms with Crippen molar-refractivity contribution >= 4 is 0 Å². The van der Waals surface area contributed by atoms with Gasteiger partial charge in [0, 0.05) is 32.1 Å². The summed E-state index contributed by atoms with van der Waals surface area (Å²) in [5, 5.41) is 7.47. The van der Waals surface area contributed by atoms with Gasteiger partial charge in [-0.25, -0.2) is 0 Å². The predicted octanol–water partition coefficient (Wildman–Crippen LogP) is 0.532. The van der Waals surface area contributed by atoms with E-state index in [9.17, 15) is 13.2 Å². The topological polar surface area (TPSA) is 68.8 Å². The van der Waals surface area contributed by atoms with Gasteiger partial charge in [0.15, 0.2) is 0 Å². The third-order valence-electron chi connectivity index (χ3n) is 2.12. The van der Waals surface area contributed by atoms with Crippen LogP contribution in [0.1, 0.15) is 18.5 Å². The van der Waals surface area contributed by atoms with E-state index in [1.54, 1.807) is 13.2 Å². The number of nitrogens with one attached hydrogen (secondary N) is 1. The first-order valence-corrected chi connectivity index (χ1v) is 4.79. The monoisotopic (exact) mass is 237 g/mol. The zero-order valence-corrected chi connectivity index (χ0v) is 8.83. The van der Waals surface area contributed by atoms with Crippen molar-refractivity contribution in [3.8, 4) is 0 Å². The Hall–Kier alpha value is -1.15. The highest BCUT2D eigenvalue weighted by atomic mass is 19.4. The van der Waals surface area contributed by atoms with Crippen LogP contribution in [0.5, 0.6) is 0 Å². The van der Waals surface area contributed by atoms with Crippen LogP contribution in [0.3, 0.4) is 0 Å². The van der Waals surface area contributed by atoms with Gasteiger partial charge in [0.05, 0.1) is 5.69 Å². The van der Waals surface area contributed by atoms with Gasteiger partial charge in [-0.05, 0) is 6.42 Å². The van der Waals surface area contributed by atoms with Crippen molar-refractivity contribution in [2.45, 2.75) is 31.5 Å². The van der Waals surface area contributed by atoms with Crippen molar-refractivity contribution < 1.29 is 13.2 Å². The van der Waals surface area contributed by atoms with E-state index in [0.717, 1.165) is 0 Å². The number of aryl methyl sites for hydroxylation is 1. The molecule has 1 heterocycles. The summed E-state index contributed by atoms with van der Waals surface area (Å²) in [6.45, 7) is 0. The largest absolute Gasteiger partial charge is 0.389 e. The molecule has 1 atom stereocenters. The molecular weight excluding hydrogens is 223 g/mol. The summed E-state index contributed by atoms with van der Waals surface area (Å²) < 4.78 is 37.5. The van der Waals surface area contributed by atoms with Gasteiger partial charge in [-0.15, -0.1) is 5.10 Å². The normalized spacial score (nSPS) is 14.1. The molecule has 5 nitrogen and oxygen atoms in total. The Kier molecular flexibility index (Phi) is 4.25. The highest BCUT2D eigenvalue weighted by Gasteiger charge is 2.28. The minimum atomic E-state index is -4.16. The Labute approximate surface area is 90.8 Å². The van der Waals surface area contributed by atoms with Gasteiger partial charge in [-0.1, -0.05) is 5.21 Å². The van der Waals surface area contributed by atoms with Crippen LogP contribution >= 0.6 is 0 Å². The van der Waals surface area contributed by atoms with Crippen LogP contribution in [0.2, 0.25) is 0 Å². The molecule has 0 spiro atoms. The number of hydrazine groups is 1. The van der Waals surface area contributed by atoms with Gasteiger partial charge in [-0.3, -0.25) is 16.0 Å². The molecule has 1 aromatic rings. The first kappa shape index (κ1) is 12.9. The lowest BCUT2D eigenvalue weighted by Crippen LogP contribution is -2.37. The average molecular weight is 237 g/mol. The second-order valence-corrected chi connectivity index (χ2v) is 3.61. The standard InChI is InChI=1S/C8H14F3N5/c1-16-5-7(14-15-16)4-6(13-12)2-3-8(9,10)11/h5-6,13H,2-4,12H2,1H3. The van der Waals surface area contributed by atoms with E-state index in [1.165, 1.54) is 4.68 Å². The summed E-state index contributed by atoms with van der Waals surface area (Å²) >= 11 is 0. The first-order valence-electron chi connectivity index (χ1n) is 4.79. The molecule has 0 bridgehead atoms. The Morgan fingerprint density at radius 2 is 2.25 bits per heavy atom. The van der Waals surface area contributed by atoms with E-state index in [1.807, 2.05) is 0 Å². The number of aromatic nitrogens is 3. The predicted molar refractivity (Wildman–Crippen MR) is 51.1 cm³/mol. The van der Waals surface area contributed by atoms with Crippen molar-refractivity contribution in [2.24, 2.45) is 12.9 Å². The van der Waals surface area contributed by atoms with Crippen molar-refractivity contribution in [2.75, 3.05) is 0 Å². The maximum Gasteiger partial charge on any atom is 0.389 e. The lowest BCUT2D eigenvalue weighted by molar-refractivity contribution is -0.136. The molecule has 8 heteroatoms. The SMILES string of the molecule is Cn1cc(CC(CCC(F)(F)F)NN)nn1. The fraction of sp³-hybridized carbons (Fsp3) is 0.750. The molecule has 0 radical (unpaired) electrons. The molecule has 92 valence electrons. The molecule has 1 unspecified atom stereocenters. The average Bonchev–Trinajstić information content (AvgIpc) is 2.57. The minimum absolute atomic E-state index is 0.0728. The van der Waals surface area contributed by atoms with Crippen LogP contribution in [0, 0.1) is 0 Å². The second-order valence-electron chi connectivity index (χ2n) is 3.61. The quantitative estimate of drug-likeness (QED) is 0.579. The van der Waals surface area contributed by atoms with E-state index in [-0.39, 0.29) is 6.42 Å². The number of rotatable bonds is 5. The molecule has 0 amide bonds. The highest BCUT2D eigenvalue weighted by Crippen LogP contribution is 2.22. The zero-order valence-electron chi connectivity index (χ0n) is 8.83. The van der Waals surface area contributed by atoms with Crippen molar-refractivity contribution in [1.82, 2.24) is 20.4 Å². The molecular formula is C8H14F3N5. The lowest BCUT2D eigenvalue weighted by Gasteiger charge is -2.15. The van der Waals surface area contributed by atoms with Gasteiger partial charge in [-0.2, -0.15) is 13.2 Å².